The molecule has 1 aromatic heterocycles. The van der Waals surface area contributed by atoms with Crippen molar-refractivity contribution in [3.05, 3.63) is 30.1 Å². The monoisotopic (exact) mass is 412 g/mol. The van der Waals surface area contributed by atoms with Crippen LogP contribution >= 0.6 is 0 Å². The van der Waals surface area contributed by atoms with Crippen LogP contribution in [0.25, 0.3) is 0 Å². The van der Waals surface area contributed by atoms with Crippen LogP contribution in [0.5, 0.6) is 0 Å². The topological polar surface area (TPSA) is 42.0 Å². The van der Waals surface area contributed by atoms with Gasteiger partial charge in [0.25, 0.3) is 0 Å². The highest BCUT2D eigenvalue weighted by Crippen LogP contribution is 2.49. The maximum atomic E-state index is 13.3. The first kappa shape index (κ1) is 23.3. The fourth-order valence-electron chi connectivity index (χ4n) is 6.52. The van der Waals surface area contributed by atoms with E-state index in [0.717, 1.165) is 48.1 Å². The summed E-state index contributed by atoms with van der Waals surface area (Å²) in [5.74, 6) is 5.55. The van der Waals surface area contributed by atoms with Crippen molar-refractivity contribution in [2.24, 2.45) is 47.3 Å². The molecule has 1 heterocycles. The standard InChI is InChI=1S/C27H44N2O/c1-18(2)23-11-9-20(5)16-25(23)21-10-12-24(19(3)4)26(17-21)27(30)29-15-13-22-8-6-7-14-28-22/h6-8,14,18-21,23-26H,9-13,15-17H2,1-5H3,(H,29,30). The number of aromatic nitrogens is 1. The maximum absolute atomic E-state index is 13.3. The van der Waals surface area contributed by atoms with Gasteiger partial charge in [-0.25, -0.2) is 0 Å². The van der Waals surface area contributed by atoms with E-state index in [1.165, 1.54) is 32.1 Å². The SMILES string of the molecule is CC1CCC(C(C)C)C(C2CCC(C(C)C)C(C(=O)NCCc3ccccn3)C2)C1. The Hall–Kier alpha value is -1.38. The lowest BCUT2D eigenvalue weighted by Gasteiger charge is -2.46. The summed E-state index contributed by atoms with van der Waals surface area (Å²) < 4.78 is 0. The highest BCUT2D eigenvalue weighted by atomic mass is 16.1. The van der Waals surface area contributed by atoms with Gasteiger partial charge in [-0.1, -0.05) is 47.1 Å². The van der Waals surface area contributed by atoms with Crippen LogP contribution in [0.1, 0.15) is 78.8 Å². The van der Waals surface area contributed by atoms with E-state index in [9.17, 15) is 4.79 Å². The fourth-order valence-corrected chi connectivity index (χ4v) is 6.52. The molecule has 6 atom stereocenters. The first-order valence-corrected chi connectivity index (χ1v) is 12.5. The van der Waals surface area contributed by atoms with Gasteiger partial charge in [-0.15, -0.1) is 0 Å². The van der Waals surface area contributed by atoms with Crippen LogP contribution in [0.15, 0.2) is 24.4 Å². The van der Waals surface area contributed by atoms with Gasteiger partial charge in [0.05, 0.1) is 0 Å². The molecule has 1 N–H and O–H groups in total. The summed E-state index contributed by atoms with van der Waals surface area (Å²) in [7, 11) is 0. The number of nitrogens with one attached hydrogen (secondary N) is 1. The summed E-state index contributed by atoms with van der Waals surface area (Å²) in [5.41, 5.74) is 1.05. The molecule has 0 radical (unpaired) electrons. The zero-order valence-electron chi connectivity index (χ0n) is 19.9. The lowest BCUT2D eigenvalue weighted by Crippen LogP contribution is -2.44. The van der Waals surface area contributed by atoms with Crippen LogP contribution in [-0.2, 0) is 11.2 Å². The molecule has 30 heavy (non-hydrogen) atoms. The van der Waals surface area contributed by atoms with E-state index < -0.39 is 0 Å². The van der Waals surface area contributed by atoms with E-state index in [1.54, 1.807) is 0 Å². The largest absolute Gasteiger partial charge is 0.355 e. The normalized spacial score (nSPS) is 32.4. The number of carbonyl (C=O) groups excluding carboxylic acids is 1. The van der Waals surface area contributed by atoms with Gasteiger partial charge in [0.15, 0.2) is 0 Å². The van der Waals surface area contributed by atoms with Crippen LogP contribution in [-0.4, -0.2) is 17.4 Å². The molecule has 2 aliphatic carbocycles. The van der Waals surface area contributed by atoms with Gasteiger partial charge in [0.2, 0.25) is 5.91 Å². The summed E-state index contributed by atoms with van der Waals surface area (Å²) >= 11 is 0. The minimum atomic E-state index is 0.178. The van der Waals surface area contributed by atoms with Crippen molar-refractivity contribution in [3.63, 3.8) is 0 Å². The van der Waals surface area contributed by atoms with Gasteiger partial charge in [-0.2, -0.15) is 0 Å². The van der Waals surface area contributed by atoms with E-state index in [-0.39, 0.29) is 5.92 Å². The molecule has 0 spiro atoms. The molecular weight excluding hydrogens is 368 g/mol. The Morgan fingerprint density at radius 2 is 1.77 bits per heavy atom. The van der Waals surface area contributed by atoms with Crippen LogP contribution in [0.2, 0.25) is 0 Å². The van der Waals surface area contributed by atoms with Gasteiger partial charge in [0, 0.05) is 30.8 Å². The molecule has 1 amide bonds. The predicted molar refractivity (Wildman–Crippen MR) is 125 cm³/mol. The Balaban J connectivity index is 1.64. The van der Waals surface area contributed by atoms with Crippen molar-refractivity contribution in [2.75, 3.05) is 6.54 Å². The van der Waals surface area contributed by atoms with Crippen molar-refractivity contribution in [3.8, 4) is 0 Å². The average Bonchev–Trinajstić information content (AvgIpc) is 2.73. The molecule has 3 heteroatoms. The predicted octanol–water partition coefficient (Wildman–Crippen LogP) is 6.14. The van der Waals surface area contributed by atoms with Gasteiger partial charge in [0.1, 0.15) is 0 Å². The Morgan fingerprint density at radius 3 is 2.43 bits per heavy atom. The van der Waals surface area contributed by atoms with Gasteiger partial charge in [-0.3, -0.25) is 9.78 Å². The second-order valence-corrected chi connectivity index (χ2v) is 10.9. The number of carbonyl (C=O) groups is 1. The van der Waals surface area contributed by atoms with Gasteiger partial charge in [-0.05, 0) is 85.7 Å². The van der Waals surface area contributed by atoms with Crippen molar-refractivity contribution in [2.45, 2.75) is 79.6 Å². The number of nitrogens with zero attached hydrogens (tertiary/aromatic N) is 1. The van der Waals surface area contributed by atoms with E-state index in [2.05, 4.69) is 44.9 Å². The van der Waals surface area contributed by atoms with Crippen LogP contribution in [0.3, 0.4) is 0 Å². The molecular formula is C27H44N2O. The first-order valence-electron chi connectivity index (χ1n) is 12.5. The molecule has 0 aliphatic heterocycles. The molecule has 0 saturated heterocycles. The third-order valence-electron chi connectivity index (χ3n) is 8.22. The number of pyridine rings is 1. The number of rotatable bonds is 7. The average molecular weight is 413 g/mol. The summed E-state index contributed by atoms with van der Waals surface area (Å²) in [5, 5.41) is 3.27. The molecule has 3 nitrogen and oxygen atoms in total. The van der Waals surface area contributed by atoms with Crippen molar-refractivity contribution < 1.29 is 4.79 Å². The Bertz CT molecular complexity index is 656. The first-order chi connectivity index (χ1) is 14.4. The van der Waals surface area contributed by atoms with Gasteiger partial charge >= 0.3 is 0 Å². The number of hydrogen-bond acceptors (Lipinski definition) is 2. The Kier molecular flexibility index (Phi) is 8.36. The van der Waals surface area contributed by atoms with Crippen LogP contribution in [0, 0.1) is 47.3 Å². The second-order valence-electron chi connectivity index (χ2n) is 10.9. The highest BCUT2D eigenvalue weighted by Gasteiger charge is 2.42. The number of hydrogen-bond donors (Lipinski definition) is 1. The highest BCUT2D eigenvalue weighted by molar-refractivity contribution is 5.79. The lowest BCUT2D eigenvalue weighted by molar-refractivity contribution is -0.130. The number of amides is 1. The summed E-state index contributed by atoms with van der Waals surface area (Å²) in [6.07, 6.45) is 10.4. The molecule has 1 aromatic rings. The summed E-state index contributed by atoms with van der Waals surface area (Å²) in [6, 6.07) is 5.99. The summed E-state index contributed by atoms with van der Waals surface area (Å²) in [4.78, 5) is 17.7. The van der Waals surface area contributed by atoms with E-state index in [4.69, 9.17) is 0 Å². The Morgan fingerprint density at radius 1 is 1.03 bits per heavy atom. The third kappa shape index (κ3) is 5.86. The zero-order chi connectivity index (χ0) is 21.7. The minimum Gasteiger partial charge on any atom is -0.355 e. The summed E-state index contributed by atoms with van der Waals surface area (Å²) in [6.45, 7) is 12.6. The molecule has 2 fully saturated rings. The van der Waals surface area contributed by atoms with Crippen molar-refractivity contribution in [1.82, 2.24) is 10.3 Å². The minimum absolute atomic E-state index is 0.178. The van der Waals surface area contributed by atoms with Gasteiger partial charge < -0.3 is 5.32 Å². The quantitative estimate of drug-likeness (QED) is 0.584. The molecule has 168 valence electrons. The smallest absolute Gasteiger partial charge is 0.223 e. The molecule has 6 unspecified atom stereocenters. The molecule has 2 saturated carbocycles. The van der Waals surface area contributed by atoms with E-state index in [1.807, 2.05) is 24.4 Å². The second kappa shape index (κ2) is 10.8. The maximum Gasteiger partial charge on any atom is 0.223 e. The molecule has 2 aliphatic rings. The fraction of sp³-hybridized carbons (Fsp3) is 0.778. The molecule has 3 rings (SSSR count). The van der Waals surface area contributed by atoms with E-state index in [0.29, 0.717) is 24.3 Å². The van der Waals surface area contributed by atoms with Crippen molar-refractivity contribution >= 4 is 5.91 Å². The van der Waals surface area contributed by atoms with Crippen LogP contribution < -0.4 is 5.32 Å². The third-order valence-corrected chi connectivity index (χ3v) is 8.22. The zero-order valence-corrected chi connectivity index (χ0v) is 19.9. The lowest BCUT2D eigenvalue weighted by atomic mass is 9.59. The van der Waals surface area contributed by atoms with Crippen LogP contribution in [0.4, 0.5) is 0 Å². The molecule has 0 bridgehead atoms. The van der Waals surface area contributed by atoms with Crippen molar-refractivity contribution in [1.29, 1.82) is 0 Å². The van der Waals surface area contributed by atoms with E-state index >= 15 is 0 Å². The molecule has 0 aromatic carbocycles. The Labute approximate surface area is 184 Å².